The first-order chi connectivity index (χ1) is 7.29. The molecule has 0 spiro atoms. The minimum Gasteiger partial charge on any atom is -0.341 e. The van der Waals surface area contributed by atoms with Crippen LogP contribution in [-0.4, -0.2) is 29.1 Å². The number of rotatable bonds is 2. The van der Waals surface area contributed by atoms with Crippen LogP contribution in [-0.2, 0) is 6.42 Å². The van der Waals surface area contributed by atoms with Gasteiger partial charge in [0.25, 0.3) is 0 Å². The van der Waals surface area contributed by atoms with E-state index >= 15 is 0 Å². The van der Waals surface area contributed by atoms with Gasteiger partial charge in [-0.15, -0.1) is 0 Å². The van der Waals surface area contributed by atoms with Gasteiger partial charge in [0.15, 0.2) is 0 Å². The van der Waals surface area contributed by atoms with Crippen LogP contribution in [0.5, 0.6) is 0 Å². The van der Waals surface area contributed by atoms with Crippen molar-refractivity contribution in [3.05, 3.63) is 18.0 Å². The molecule has 0 amide bonds. The minimum atomic E-state index is 0.358. The summed E-state index contributed by atoms with van der Waals surface area (Å²) in [5.74, 6) is 0.846. The van der Waals surface area contributed by atoms with E-state index in [9.17, 15) is 0 Å². The average molecular weight is 206 g/mol. The molecule has 15 heavy (non-hydrogen) atoms. The molecule has 0 saturated carbocycles. The number of nitrogens with zero attached hydrogens (tertiary/aromatic N) is 3. The van der Waals surface area contributed by atoms with E-state index < -0.39 is 0 Å². The highest BCUT2D eigenvalue weighted by molar-refractivity contribution is 5.30. The van der Waals surface area contributed by atoms with Gasteiger partial charge in [0.05, 0.1) is 0 Å². The van der Waals surface area contributed by atoms with E-state index in [4.69, 9.17) is 5.73 Å². The third-order valence-electron chi connectivity index (χ3n) is 2.92. The fraction of sp³-hybridized carbons (Fsp3) is 0.636. The summed E-state index contributed by atoms with van der Waals surface area (Å²) in [5.41, 5.74) is 7.04. The Labute approximate surface area is 90.5 Å². The molecule has 2 N–H and O–H groups in total. The van der Waals surface area contributed by atoms with Crippen molar-refractivity contribution in [1.29, 1.82) is 0 Å². The van der Waals surface area contributed by atoms with Crippen LogP contribution in [0.3, 0.4) is 0 Å². The third kappa shape index (κ3) is 2.45. The lowest BCUT2D eigenvalue weighted by Gasteiger charge is -2.30. The summed E-state index contributed by atoms with van der Waals surface area (Å²) < 4.78 is 0. The predicted molar refractivity (Wildman–Crippen MR) is 60.8 cm³/mol. The van der Waals surface area contributed by atoms with Crippen molar-refractivity contribution < 1.29 is 0 Å². The van der Waals surface area contributed by atoms with Crippen molar-refractivity contribution in [3.8, 4) is 0 Å². The minimum absolute atomic E-state index is 0.358. The fourth-order valence-corrected chi connectivity index (χ4v) is 1.79. The number of hydrogen-bond acceptors (Lipinski definition) is 4. The third-order valence-corrected chi connectivity index (χ3v) is 2.92. The molecule has 2 rings (SSSR count). The van der Waals surface area contributed by atoms with Gasteiger partial charge >= 0.3 is 0 Å². The smallest absolute Gasteiger partial charge is 0.225 e. The quantitative estimate of drug-likeness (QED) is 0.783. The maximum absolute atomic E-state index is 5.85. The SMILES string of the molecule is CCc1cnc(N2CCC(N)CC2)nc1. The van der Waals surface area contributed by atoms with Crippen molar-refractivity contribution in [2.24, 2.45) is 5.73 Å². The van der Waals surface area contributed by atoms with Crippen molar-refractivity contribution in [3.63, 3.8) is 0 Å². The Balaban J connectivity index is 2.03. The van der Waals surface area contributed by atoms with Gasteiger partial charge in [-0.25, -0.2) is 9.97 Å². The summed E-state index contributed by atoms with van der Waals surface area (Å²) in [6, 6.07) is 0.358. The van der Waals surface area contributed by atoms with Crippen LogP contribution in [0.1, 0.15) is 25.3 Å². The van der Waals surface area contributed by atoms with Crippen LogP contribution < -0.4 is 10.6 Å². The zero-order valence-electron chi connectivity index (χ0n) is 9.19. The summed E-state index contributed by atoms with van der Waals surface area (Å²) in [6.45, 7) is 4.07. The second-order valence-electron chi connectivity index (χ2n) is 4.07. The lowest BCUT2D eigenvalue weighted by molar-refractivity contribution is 0.495. The molecule has 2 heterocycles. The molecular formula is C11H18N4. The van der Waals surface area contributed by atoms with Crippen LogP contribution >= 0.6 is 0 Å². The lowest BCUT2D eigenvalue weighted by atomic mass is 10.1. The van der Waals surface area contributed by atoms with Crippen LogP contribution in [0, 0.1) is 0 Å². The van der Waals surface area contributed by atoms with Crippen molar-refractivity contribution in [1.82, 2.24) is 9.97 Å². The van der Waals surface area contributed by atoms with Crippen molar-refractivity contribution in [2.45, 2.75) is 32.2 Å². The van der Waals surface area contributed by atoms with Gasteiger partial charge < -0.3 is 10.6 Å². The highest BCUT2D eigenvalue weighted by Crippen LogP contribution is 2.14. The first kappa shape index (κ1) is 10.4. The molecule has 1 aliphatic heterocycles. The van der Waals surface area contributed by atoms with E-state index in [-0.39, 0.29) is 0 Å². The van der Waals surface area contributed by atoms with Gasteiger partial charge in [0, 0.05) is 31.5 Å². The lowest BCUT2D eigenvalue weighted by Crippen LogP contribution is -2.40. The monoisotopic (exact) mass is 206 g/mol. The Hall–Kier alpha value is -1.16. The Morgan fingerprint density at radius 2 is 1.93 bits per heavy atom. The van der Waals surface area contributed by atoms with Gasteiger partial charge in [-0.3, -0.25) is 0 Å². The molecule has 1 aromatic rings. The topological polar surface area (TPSA) is 55.0 Å². The molecular weight excluding hydrogens is 188 g/mol. The summed E-state index contributed by atoms with van der Waals surface area (Å²) in [6.07, 6.45) is 6.90. The Kier molecular flexibility index (Phi) is 3.16. The molecule has 1 saturated heterocycles. The second kappa shape index (κ2) is 4.57. The number of aromatic nitrogens is 2. The predicted octanol–water partition coefficient (Wildman–Crippen LogP) is 0.966. The summed E-state index contributed by atoms with van der Waals surface area (Å²) >= 11 is 0. The molecule has 4 heteroatoms. The highest BCUT2D eigenvalue weighted by Gasteiger charge is 2.17. The standard InChI is InChI=1S/C11H18N4/c1-2-9-7-13-11(14-8-9)15-5-3-10(12)4-6-15/h7-8,10H,2-6,12H2,1H3. The molecule has 1 aliphatic rings. The molecule has 1 fully saturated rings. The zero-order chi connectivity index (χ0) is 10.7. The van der Waals surface area contributed by atoms with Crippen LogP contribution in [0.15, 0.2) is 12.4 Å². The maximum atomic E-state index is 5.85. The van der Waals surface area contributed by atoms with Gasteiger partial charge in [0.1, 0.15) is 0 Å². The summed E-state index contributed by atoms with van der Waals surface area (Å²) in [4.78, 5) is 11.0. The number of hydrogen-bond donors (Lipinski definition) is 1. The van der Waals surface area contributed by atoms with Gasteiger partial charge in [-0.1, -0.05) is 6.92 Å². The van der Waals surface area contributed by atoms with Crippen LogP contribution in [0.2, 0.25) is 0 Å². The largest absolute Gasteiger partial charge is 0.341 e. The Morgan fingerprint density at radius 1 is 1.33 bits per heavy atom. The van der Waals surface area contributed by atoms with Gasteiger partial charge in [0.2, 0.25) is 5.95 Å². The molecule has 0 atom stereocenters. The Morgan fingerprint density at radius 3 is 2.47 bits per heavy atom. The second-order valence-corrected chi connectivity index (χ2v) is 4.07. The highest BCUT2D eigenvalue weighted by atomic mass is 15.2. The van der Waals surface area contributed by atoms with E-state index in [0.29, 0.717) is 6.04 Å². The molecule has 82 valence electrons. The van der Waals surface area contributed by atoms with E-state index in [1.165, 1.54) is 5.56 Å². The molecule has 0 unspecified atom stereocenters. The normalized spacial score (nSPS) is 18.1. The number of piperidine rings is 1. The number of anilines is 1. The van der Waals surface area contributed by atoms with Gasteiger partial charge in [-0.2, -0.15) is 0 Å². The van der Waals surface area contributed by atoms with E-state index in [1.54, 1.807) is 0 Å². The average Bonchev–Trinajstić information content (AvgIpc) is 2.30. The molecule has 0 radical (unpaired) electrons. The zero-order valence-corrected chi connectivity index (χ0v) is 9.19. The van der Waals surface area contributed by atoms with Crippen molar-refractivity contribution in [2.75, 3.05) is 18.0 Å². The molecule has 4 nitrogen and oxygen atoms in total. The van der Waals surface area contributed by atoms with E-state index in [1.807, 2.05) is 12.4 Å². The van der Waals surface area contributed by atoms with Crippen LogP contribution in [0.4, 0.5) is 5.95 Å². The first-order valence-corrected chi connectivity index (χ1v) is 5.61. The summed E-state index contributed by atoms with van der Waals surface area (Å²) in [5, 5.41) is 0. The number of nitrogens with two attached hydrogens (primary N) is 1. The van der Waals surface area contributed by atoms with Crippen molar-refractivity contribution >= 4 is 5.95 Å². The number of aryl methyl sites for hydroxylation is 1. The van der Waals surface area contributed by atoms with E-state index in [2.05, 4.69) is 21.8 Å². The fourth-order valence-electron chi connectivity index (χ4n) is 1.79. The molecule has 1 aromatic heterocycles. The first-order valence-electron chi connectivity index (χ1n) is 5.61. The van der Waals surface area contributed by atoms with Gasteiger partial charge in [-0.05, 0) is 24.8 Å². The van der Waals surface area contributed by atoms with E-state index in [0.717, 1.165) is 38.3 Å². The summed E-state index contributed by atoms with van der Waals surface area (Å²) in [7, 11) is 0. The molecule has 0 bridgehead atoms. The Bertz CT molecular complexity index is 301. The molecule has 0 aromatic carbocycles. The molecule has 0 aliphatic carbocycles. The van der Waals surface area contributed by atoms with Crippen LogP contribution in [0.25, 0.3) is 0 Å². The maximum Gasteiger partial charge on any atom is 0.225 e.